The molecular formula is C9H12N2OS4. The highest BCUT2D eigenvalue weighted by molar-refractivity contribution is 8.76. The number of nitrogens with zero attached hydrogens (tertiary/aromatic N) is 1. The van der Waals surface area contributed by atoms with E-state index in [0.717, 1.165) is 10.8 Å². The topological polar surface area (TPSA) is 42.0 Å². The average molecular weight is 292 g/mol. The summed E-state index contributed by atoms with van der Waals surface area (Å²) in [5.74, 6) is 1.40. The Bertz CT molecular complexity index is 310. The van der Waals surface area contributed by atoms with Crippen LogP contribution in [0.4, 0.5) is 0 Å². The number of hydrogen-bond acceptors (Lipinski definition) is 6. The van der Waals surface area contributed by atoms with Crippen LogP contribution in [0.15, 0.2) is 29.4 Å². The van der Waals surface area contributed by atoms with Gasteiger partial charge < -0.3 is 5.32 Å². The number of carbonyl (C=O) groups excluding carboxylic acids is 1. The second-order valence-corrected chi connectivity index (χ2v) is 6.45. The maximum absolute atomic E-state index is 11.2. The van der Waals surface area contributed by atoms with E-state index in [1.165, 1.54) is 10.8 Å². The van der Waals surface area contributed by atoms with E-state index in [4.69, 9.17) is 0 Å². The molecule has 3 nitrogen and oxygen atoms in total. The molecule has 1 aromatic rings. The molecule has 0 radical (unpaired) electrons. The number of rotatable bonds is 7. The van der Waals surface area contributed by atoms with E-state index >= 15 is 0 Å². The van der Waals surface area contributed by atoms with Gasteiger partial charge in [0.25, 0.3) is 0 Å². The van der Waals surface area contributed by atoms with E-state index in [0.29, 0.717) is 12.3 Å². The van der Waals surface area contributed by atoms with Crippen LogP contribution in [0.2, 0.25) is 0 Å². The lowest BCUT2D eigenvalue weighted by Crippen LogP contribution is -2.22. The molecule has 0 aliphatic rings. The van der Waals surface area contributed by atoms with E-state index in [-0.39, 0.29) is 5.91 Å². The summed E-state index contributed by atoms with van der Waals surface area (Å²) < 4.78 is 0. The standard InChI is InChI=1S/C9H12N2OS4/c12-8(11-7-14-13)4-6-15-16-9-3-1-2-5-10-9/h1-3,5,13H,4,6-7H2,(H,11,12). The second kappa shape index (κ2) is 9.09. The largest absolute Gasteiger partial charge is 0.346 e. The molecule has 0 saturated heterocycles. The van der Waals surface area contributed by atoms with Gasteiger partial charge in [0.15, 0.2) is 0 Å². The lowest BCUT2D eigenvalue weighted by molar-refractivity contribution is -0.120. The maximum atomic E-state index is 11.2. The summed E-state index contributed by atoms with van der Waals surface area (Å²) in [6.45, 7) is 0. The molecule has 0 aromatic carbocycles. The molecule has 0 aliphatic carbocycles. The van der Waals surface area contributed by atoms with Gasteiger partial charge in [0, 0.05) is 18.4 Å². The van der Waals surface area contributed by atoms with Crippen LogP contribution >= 0.6 is 44.0 Å². The summed E-state index contributed by atoms with van der Waals surface area (Å²) in [4.78, 5) is 15.4. The third kappa shape index (κ3) is 6.57. The van der Waals surface area contributed by atoms with Crippen LogP contribution in [0.1, 0.15) is 6.42 Å². The van der Waals surface area contributed by atoms with E-state index in [1.54, 1.807) is 27.8 Å². The minimum absolute atomic E-state index is 0.0654. The maximum Gasteiger partial charge on any atom is 0.221 e. The molecule has 0 bridgehead atoms. The zero-order chi connectivity index (χ0) is 11.6. The van der Waals surface area contributed by atoms with Gasteiger partial charge in [-0.15, -0.1) is 11.7 Å². The fourth-order valence-electron chi connectivity index (χ4n) is 0.834. The van der Waals surface area contributed by atoms with Crippen molar-refractivity contribution in [2.45, 2.75) is 11.4 Å². The first-order valence-electron chi connectivity index (χ1n) is 4.56. The molecule has 1 heterocycles. The molecule has 1 N–H and O–H groups in total. The Kier molecular flexibility index (Phi) is 8.00. The van der Waals surface area contributed by atoms with Gasteiger partial charge in [-0.2, -0.15) is 0 Å². The summed E-state index contributed by atoms with van der Waals surface area (Å²) in [7, 11) is 4.53. The van der Waals surface area contributed by atoms with Crippen molar-refractivity contribution in [2.75, 3.05) is 11.6 Å². The summed E-state index contributed by atoms with van der Waals surface area (Å²) in [5.41, 5.74) is 0. The summed E-state index contributed by atoms with van der Waals surface area (Å²) >= 11 is 3.94. The van der Waals surface area contributed by atoms with Crippen LogP contribution in [0.25, 0.3) is 0 Å². The minimum atomic E-state index is 0.0654. The van der Waals surface area contributed by atoms with Crippen molar-refractivity contribution < 1.29 is 4.79 Å². The van der Waals surface area contributed by atoms with E-state index in [2.05, 4.69) is 22.0 Å². The van der Waals surface area contributed by atoms with Gasteiger partial charge in [-0.25, -0.2) is 4.98 Å². The Balaban J connectivity index is 2.06. The highest BCUT2D eigenvalue weighted by atomic mass is 33.1. The molecule has 0 aliphatic heterocycles. The van der Waals surface area contributed by atoms with Crippen molar-refractivity contribution in [3.05, 3.63) is 24.4 Å². The van der Waals surface area contributed by atoms with Crippen LogP contribution in [-0.2, 0) is 4.79 Å². The molecule has 0 spiro atoms. The van der Waals surface area contributed by atoms with Gasteiger partial charge in [-0.05, 0) is 22.9 Å². The Morgan fingerprint density at radius 1 is 1.50 bits per heavy atom. The van der Waals surface area contributed by atoms with Crippen LogP contribution in [-0.4, -0.2) is 22.5 Å². The fourth-order valence-corrected chi connectivity index (χ4v) is 3.12. The van der Waals surface area contributed by atoms with Crippen molar-refractivity contribution >= 4 is 49.9 Å². The van der Waals surface area contributed by atoms with Crippen molar-refractivity contribution in [3.63, 3.8) is 0 Å². The van der Waals surface area contributed by atoms with Crippen LogP contribution < -0.4 is 5.32 Å². The third-order valence-corrected chi connectivity index (χ3v) is 4.46. The molecule has 88 valence electrons. The number of thiol groups is 1. The zero-order valence-corrected chi connectivity index (χ0v) is 11.8. The van der Waals surface area contributed by atoms with Crippen molar-refractivity contribution in [3.8, 4) is 0 Å². The first-order chi connectivity index (χ1) is 7.83. The SMILES string of the molecule is O=C(CCSSc1ccccn1)NCSS. The Hall–Kier alpha value is 0.0200. The van der Waals surface area contributed by atoms with Crippen molar-refractivity contribution in [2.24, 2.45) is 0 Å². The Labute approximate surface area is 112 Å². The highest BCUT2D eigenvalue weighted by Crippen LogP contribution is 2.29. The number of aromatic nitrogens is 1. The van der Waals surface area contributed by atoms with Crippen molar-refractivity contribution in [1.82, 2.24) is 10.3 Å². The number of hydrogen-bond donors (Lipinski definition) is 2. The molecule has 16 heavy (non-hydrogen) atoms. The van der Waals surface area contributed by atoms with Gasteiger partial charge in [-0.3, -0.25) is 4.79 Å². The molecule has 1 rings (SSSR count). The number of carbonyl (C=O) groups is 1. The average Bonchev–Trinajstić information content (AvgIpc) is 2.33. The predicted molar refractivity (Wildman–Crippen MR) is 76.8 cm³/mol. The number of pyridine rings is 1. The monoisotopic (exact) mass is 292 g/mol. The number of nitrogens with one attached hydrogen (secondary N) is 1. The molecule has 0 fully saturated rings. The van der Waals surface area contributed by atoms with Crippen LogP contribution in [0.5, 0.6) is 0 Å². The first kappa shape index (κ1) is 14.1. The normalized spacial score (nSPS) is 10.1. The zero-order valence-electron chi connectivity index (χ0n) is 8.46. The molecular weight excluding hydrogens is 280 g/mol. The van der Waals surface area contributed by atoms with Gasteiger partial charge in [0.05, 0.1) is 5.88 Å². The van der Waals surface area contributed by atoms with Crippen LogP contribution in [0.3, 0.4) is 0 Å². The van der Waals surface area contributed by atoms with E-state index < -0.39 is 0 Å². The summed E-state index contributed by atoms with van der Waals surface area (Å²) in [6.07, 6.45) is 2.29. The third-order valence-electron chi connectivity index (χ3n) is 1.53. The van der Waals surface area contributed by atoms with Crippen LogP contribution in [0, 0.1) is 0 Å². The highest BCUT2D eigenvalue weighted by Gasteiger charge is 2.01. The summed E-state index contributed by atoms with van der Waals surface area (Å²) in [5, 5.41) is 3.71. The molecule has 0 saturated carbocycles. The van der Waals surface area contributed by atoms with E-state index in [1.807, 2.05) is 18.2 Å². The molecule has 0 unspecified atom stereocenters. The van der Waals surface area contributed by atoms with Gasteiger partial charge in [-0.1, -0.05) is 27.7 Å². The Morgan fingerprint density at radius 2 is 2.38 bits per heavy atom. The molecule has 7 heteroatoms. The molecule has 0 atom stereocenters. The van der Waals surface area contributed by atoms with E-state index in [9.17, 15) is 4.79 Å². The van der Waals surface area contributed by atoms with Gasteiger partial charge in [0.1, 0.15) is 5.03 Å². The molecule has 1 amide bonds. The second-order valence-electron chi connectivity index (χ2n) is 2.70. The lowest BCUT2D eigenvalue weighted by Gasteiger charge is -2.02. The van der Waals surface area contributed by atoms with Crippen molar-refractivity contribution in [1.29, 1.82) is 0 Å². The lowest BCUT2D eigenvalue weighted by atomic mass is 10.5. The Morgan fingerprint density at radius 3 is 3.06 bits per heavy atom. The van der Waals surface area contributed by atoms with Gasteiger partial charge >= 0.3 is 0 Å². The van der Waals surface area contributed by atoms with Gasteiger partial charge in [0.2, 0.25) is 5.91 Å². The smallest absolute Gasteiger partial charge is 0.221 e. The quantitative estimate of drug-likeness (QED) is 0.350. The summed E-state index contributed by atoms with van der Waals surface area (Å²) in [6, 6.07) is 5.79. The number of amides is 1. The first-order valence-corrected chi connectivity index (χ1v) is 8.92. The molecule has 1 aromatic heterocycles. The predicted octanol–water partition coefficient (Wildman–Crippen LogP) is 2.86. The minimum Gasteiger partial charge on any atom is -0.346 e. The fraction of sp³-hybridized carbons (Fsp3) is 0.333.